The maximum Gasteiger partial charge on any atom is 0.446 e. The first kappa shape index (κ1) is 26.0. The summed E-state index contributed by atoms with van der Waals surface area (Å²) in [4.78, 5) is 2.11. The Bertz CT molecular complexity index is 1070. The fourth-order valence-corrected chi connectivity index (χ4v) is 4.09. The first-order valence-corrected chi connectivity index (χ1v) is 12.1. The Labute approximate surface area is 203 Å². The van der Waals surface area contributed by atoms with E-state index >= 15 is 0 Å². The largest absolute Gasteiger partial charge is 0.457 e. The van der Waals surface area contributed by atoms with E-state index in [1.807, 2.05) is 67.3 Å². The molecule has 3 nitrogen and oxygen atoms in total. The minimum atomic E-state index is -4.34. The summed E-state index contributed by atoms with van der Waals surface area (Å²) in [5, 5.41) is 10.6. The van der Waals surface area contributed by atoms with Gasteiger partial charge in [-0.15, -0.1) is 0 Å². The Morgan fingerprint density at radius 1 is 0.912 bits per heavy atom. The van der Waals surface area contributed by atoms with Crippen molar-refractivity contribution in [1.82, 2.24) is 0 Å². The zero-order valence-corrected chi connectivity index (χ0v) is 20.4. The molecule has 0 heterocycles. The van der Waals surface area contributed by atoms with Crippen molar-refractivity contribution in [2.24, 2.45) is 5.92 Å². The van der Waals surface area contributed by atoms with Crippen LogP contribution in [-0.4, -0.2) is 23.3 Å². The standard InChI is InChI=1S/C27H30F3NO2S/c1-4-20-8-5-11-23(14-20)33-24-12-7-10-22(16-24)31(18-26(32)19(2)3)17-21-9-6-13-25(15-21)34-27(28,29)30/h5-16,19,26,32H,4,17-18H2,1-3H3. The number of aryl methyl sites for hydroxylation is 1. The average molecular weight is 490 g/mol. The molecular formula is C27H30F3NO2S. The van der Waals surface area contributed by atoms with Crippen molar-refractivity contribution in [3.05, 3.63) is 83.9 Å². The molecule has 7 heteroatoms. The highest BCUT2D eigenvalue weighted by Crippen LogP contribution is 2.37. The lowest BCUT2D eigenvalue weighted by atomic mass is 10.1. The summed E-state index contributed by atoms with van der Waals surface area (Å²) in [6.07, 6.45) is 0.308. The Balaban J connectivity index is 1.86. The highest BCUT2D eigenvalue weighted by Gasteiger charge is 2.29. The van der Waals surface area contributed by atoms with Gasteiger partial charge in [0.15, 0.2) is 0 Å². The Morgan fingerprint density at radius 2 is 1.56 bits per heavy atom. The number of rotatable bonds is 10. The molecule has 3 rings (SSSR count). The lowest BCUT2D eigenvalue weighted by molar-refractivity contribution is -0.0328. The van der Waals surface area contributed by atoms with Gasteiger partial charge >= 0.3 is 5.51 Å². The first-order chi connectivity index (χ1) is 16.1. The van der Waals surface area contributed by atoms with Crippen molar-refractivity contribution in [1.29, 1.82) is 0 Å². The van der Waals surface area contributed by atoms with Gasteiger partial charge < -0.3 is 14.7 Å². The van der Waals surface area contributed by atoms with Gasteiger partial charge in [0.05, 0.1) is 6.10 Å². The zero-order chi connectivity index (χ0) is 24.7. The van der Waals surface area contributed by atoms with Crippen LogP contribution in [0.2, 0.25) is 0 Å². The number of aliphatic hydroxyl groups is 1. The molecule has 182 valence electrons. The second kappa shape index (κ2) is 11.7. The van der Waals surface area contributed by atoms with E-state index in [-0.39, 0.29) is 22.6 Å². The van der Waals surface area contributed by atoms with Crippen LogP contribution in [-0.2, 0) is 13.0 Å². The van der Waals surface area contributed by atoms with Crippen molar-refractivity contribution in [3.8, 4) is 11.5 Å². The van der Waals surface area contributed by atoms with E-state index in [4.69, 9.17) is 4.74 Å². The van der Waals surface area contributed by atoms with Crippen LogP contribution in [0, 0.1) is 5.92 Å². The molecule has 0 aliphatic carbocycles. The molecule has 0 amide bonds. The molecular weight excluding hydrogens is 459 g/mol. The van der Waals surface area contributed by atoms with Crippen LogP contribution in [0.4, 0.5) is 18.9 Å². The molecule has 0 radical (unpaired) electrons. The topological polar surface area (TPSA) is 32.7 Å². The maximum absolute atomic E-state index is 12.8. The number of aliphatic hydroxyl groups excluding tert-OH is 1. The van der Waals surface area contributed by atoms with Crippen LogP contribution in [0.1, 0.15) is 31.9 Å². The number of ether oxygens (including phenoxy) is 1. The summed E-state index contributed by atoms with van der Waals surface area (Å²) < 4.78 is 44.6. The SMILES string of the molecule is CCc1cccc(Oc2cccc(N(Cc3cccc(SC(F)(F)F)c3)CC(O)C(C)C)c2)c1. The second-order valence-electron chi connectivity index (χ2n) is 8.49. The molecule has 0 saturated carbocycles. The molecule has 0 aliphatic heterocycles. The minimum Gasteiger partial charge on any atom is -0.457 e. The molecule has 1 atom stereocenters. The molecule has 0 saturated heterocycles. The van der Waals surface area contributed by atoms with Gasteiger partial charge in [-0.1, -0.05) is 51.1 Å². The molecule has 3 aromatic rings. The van der Waals surface area contributed by atoms with Crippen LogP contribution in [0.25, 0.3) is 0 Å². The van der Waals surface area contributed by atoms with Crippen molar-refractivity contribution in [3.63, 3.8) is 0 Å². The summed E-state index contributed by atoms with van der Waals surface area (Å²) >= 11 is -0.125. The van der Waals surface area contributed by atoms with Crippen LogP contribution >= 0.6 is 11.8 Å². The van der Waals surface area contributed by atoms with Crippen LogP contribution in [0.5, 0.6) is 11.5 Å². The smallest absolute Gasteiger partial charge is 0.446 e. The van der Waals surface area contributed by atoms with E-state index in [9.17, 15) is 18.3 Å². The number of anilines is 1. The van der Waals surface area contributed by atoms with E-state index in [1.165, 1.54) is 11.6 Å². The van der Waals surface area contributed by atoms with Crippen molar-refractivity contribution >= 4 is 17.4 Å². The quantitative estimate of drug-likeness (QED) is 0.296. The Hall–Kier alpha value is -2.64. The summed E-state index contributed by atoms with van der Waals surface area (Å²) in [5.74, 6) is 1.42. The van der Waals surface area contributed by atoms with Gasteiger partial charge in [-0.3, -0.25) is 0 Å². The number of alkyl halides is 3. The fraction of sp³-hybridized carbons (Fsp3) is 0.333. The zero-order valence-electron chi connectivity index (χ0n) is 19.5. The highest BCUT2D eigenvalue weighted by molar-refractivity contribution is 8.00. The highest BCUT2D eigenvalue weighted by atomic mass is 32.2. The molecule has 0 aromatic heterocycles. The lowest BCUT2D eigenvalue weighted by Gasteiger charge is -2.29. The average Bonchev–Trinajstić information content (AvgIpc) is 2.78. The molecule has 3 aromatic carbocycles. The predicted octanol–water partition coefficient (Wildman–Crippen LogP) is 7.68. The molecule has 1 unspecified atom stereocenters. The number of benzene rings is 3. The third-order valence-electron chi connectivity index (χ3n) is 5.41. The first-order valence-electron chi connectivity index (χ1n) is 11.3. The second-order valence-corrected chi connectivity index (χ2v) is 9.63. The van der Waals surface area contributed by atoms with Gasteiger partial charge in [0.1, 0.15) is 11.5 Å². The molecule has 34 heavy (non-hydrogen) atoms. The van der Waals surface area contributed by atoms with Gasteiger partial charge in [-0.2, -0.15) is 13.2 Å². The van der Waals surface area contributed by atoms with Crippen LogP contribution in [0.3, 0.4) is 0 Å². The van der Waals surface area contributed by atoms with E-state index in [0.717, 1.165) is 23.4 Å². The van der Waals surface area contributed by atoms with Gasteiger partial charge in [-0.25, -0.2) is 0 Å². The molecule has 0 aliphatic rings. The van der Waals surface area contributed by atoms with E-state index < -0.39 is 11.6 Å². The Morgan fingerprint density at radius 3 is 2.24 bits per heavy atom. The number of thioether (sulfide) groups is 1. The van der Waals surface area contributed by atoms with Crippen molar-refractivity contribution < 1.29 is 23.0 Å². The van der Waals surface area contributed by atoms with Crippen LogP contribution in [0.15, 0.2) is 77.7 Å². The van der Waals surface area contributed by atoms with Crippen molar-refractivity contribution in [2.75, 3.05) is 11.4 Å². The maximum atomic E-state index is 12.8. The molecule has 0 bridgehead atoms. The summed E-state index contributed by atoms with van der Waals surface area (Å²) in [7, 11) is 0. The number of halogens is 3. The van der Waals surface area contributed by atoms with E-state index in [0.29, 0.717) is 18.8 Å². The monoisotopic (exact) mass is 489 g/mol. The normalized spacial score (nSPS) is 12.6. The van der Waals surface area contributed by atoms with Gasteiger partial charge in [-0.05, 0) is 71.6 Å². The van der Waals surface area contributed by atoms with Crippen LogP contribution < -0.4 is 9.64 Å². The summed E-state index contributed by atoms with van der Waals surface area (Å²) in [5.41, 5.74) is -1.62. The Kier molecular flexibility index (Phi) is 8.91. The lowest BCUT2D eigenvalue weighted by Crippen LogP contribution is -2.34. The number of nitrogens with zero attached hydrogens (tertiary/aromatic N) is 1. The van der Waals surface area contributed by atoms with Gasteiger partial charge in [0.2, 0.25) is 0 Å². The third-order valence-corrected chi connectivity index (χ3v) is 6.13. The van der Waals surface area contributed by atoms with E-state index in [2.05, 4.69) is 6.92 Å². The van der Waals surface area contributed by atoms with Gasteiger partial charge in [0, 0.05) is 29.7 Å². The number of hydrogen-bond acceptors (Lipinski definition) is 4. The molecule has 0 spiro atoms. The summed E-state index contributed by atoms with van der Waals surface area (Å²) in [6.45, 7) is 6.64. The summed E-state index contributed by atoms with van der Waals surface area (Å²) in [6, 6.07) is 21.9. The third kappa shape index (κ3) is 7.99. The minimum absolute atomic E-state index is 0.0332. The fourth-order valence-electron chi connectivity index (χ4n) is 3.47. The molecule has 1 N–H and O–H groups in total. The van der Waals surface area contributed by atoms with E-state index in [1.54, 1.807) is 18.2 Å². The van der Waals surface area contributed by atoms with Crippen molar-refractivity contribution in [2.45, 2.75) is 50.2 Å². The number of hydrogen-bond donors (Lipinski definition) is 1. The van der Waals surface area contributed by atoms with Gasteiger partial charge in [0.25, 0.3) is 0 Å². The predicted molar refractivity (Wildman–Crippen MR) is 133 cm³/mol. The molecule has 0 fully saturated rings.